The highest BCUT2D eigenvalue weighted by atomic mass is 16.6. The summed E-state index contributed by atoms with van der Waals surface area (Å²) in [6.07, 6.45) is -0.425. The van der Waals surface area contributed by atoms with Gasteiger partial charge in [0.2, 0.25) is 0 Å². The highest BCUT2D eigenvalue weighted by Gasteiger charge is 2.12. The molecule has 106 valence electrons. The summed E-state index contributed by atoms with van der Waals surface area (Å²) < 4.78 is 0. The Morgan fingerprint density at radius 1 is 1.53 bits per heavy atom. The third-order valence-corrected chi connectivity index (χ3v) is 2.68. The highest BCUT2D eigenvalue weighted by Crippen LogP contribution is 2.23. The number of nitrogens with one attached hydrogen (secondary N) is 1. The van der Waals surface area contributed by atoms with E-state index in [9.17, 15) is 15.2 Å². The van der Waals surface area contributed by atoms with Crippen LogP contribution in [0.3, 0.4) is 0 Å². The molecule has 0 aliphatic heterocycles. The number of nitro groups is 1. The summed E-state index contributed by atoms with van der Waals surface area (Å²) in [6, 6.07) is 4.81. The second-order valence-corrected chi connectivity index (χ2v) is 4.67. The number of nitro benzene ring substituents is 1. The minimum absolute atomic E-state index is 0.0853. The summed E-state index contributed by atoms with van der Waals surface area (Å²) in [7, 11) is 1.88. The van der Waals surface area contributed by atoms with Gasteiger partial charge in [-0.05, 0) is 32.5 Å². The molecule has 0 amide bonds. The van der Waals surface area contributed by atoms with Gasteiger partial charge in [0, 0.05) is 37.5 Å². The topological polar surface area (TPSA) is 78.6 Å². The lowest BCUT2D eigenvalue weighted by molar-refractivity contribution is -0.384. The normalized spacial score (nSPS) is 12.5. The van der Waals surface area contributed by atoms with Gasteiger partial charge >= 0.3 is 0 Å². The van der Waals surface area contributed by atoms with E-state index < -0.39 is 11.0 Å². The molecule has 0 aliphatic carbocycles. The van der Waals surface area contributed by atoms with Gasteiger partial charge in [-0.1, -0.05) is 0 Å². The molecule has 1 rings (SSSR count). The van der Waals surface area contributed by atoms with Gasteiger partial charge in [0.1, 0.15) is 0 Å². The van der Waals surface area contributed by atoms with E-state index in [4.69, 9.17) is 0 Å². The van der Waals surface area contributed by atoms with Crippen molar-refractivity contribution in [3.63, 3.8) is 0 Å². The largest absolute Gasteiger partial charge is 0.392 e. The van der Waals surface area contributed by atoms with Crippen LogP contribution in [0, 0.1) is 10.1 Å². The third-order valence-electron chi connectivity index (χ3n) is 2.68. The molecule has 0 saturated heterocycles. The first kappa shape index (κ1) is 15.4. The van der Waals surface area contributed by atoms with E-state index >= 15 is 0 Å². The summed E-state index contributed by atoms with van der Waals surface area (Å²) in [5.41, 5.74) is 1.84. The Balaban J connectivity index is 2.93. The molecular formula is C13H21N3O3. The van der Waals surface area contributed by atoms with Gasteiger partial charge < -0.3 is 10.4 Å². The Morgan fingerprint density at radius 3 is 2.74 bits per heavy atom. The van der Waals surface area contributed by atoms with Crippen molar-refractivity contribution in [2.45, 2.75) is 26.5 Å². The molecule has 6 heteroatoms. The van der Waals surface area contributed by atoms with Crippen LogP contribution in [0.15, 0.2) is 18.2 Å². The van der Waals surface area contributed by atoms with Crippen LogP contribution in [0.1, 0.15) is 19.4 Å². The number of anilines is 1. The molecule has 2 N–H and O–H groups in total. The van der Waals surface area contributed by atoms with Crippen molar-refractivity contribution in [1.29, 1.82) is 0 Å². The molecule has 0 fully saturated rings. The first-order valence-corrected chi connectivity index (χ1v) is 6.31. The van der Waals surface area contributed by atoms with Crippen molar-refractivity contribution < 1.29 is 10.0 Å². The number of hydrogen-bond donors (Lipinski definition) is 2. The SMILES string of the molecule is CCNc1ccc([N+](=O)[O-])cc1CN(C)CC(C)O. The summed E-state index contributed by atoms with van der Waals surface area (Å²) in [6.45, 7) is 5.52. The van der Waals surface area contributed by atoms with Gasteiger partial charge in [0.25, 0.3) is 5.69 Å². The fraction of sp³-hybridized carbons (Fsp3) is 0.538. The smallest absolute Gasteiger partial charge is 0.269 e. The van der Waals surface area contributed by atoms with Crippen molar-refractivity contribution in [2.24, 2.45) is 0 Å². The number of aliphatic hydroxyl groups is 1. The Bertz CT molecular complexity index is 435. The van der Waals surface area contributed by atoms with Gasteiger partial charge in [0.15, 0.2) is 0 Å². The zero-order valence-corrected chi connectivity index (χ0v) is 11.6. The number of non-ortho nitro benzene ring substituents is 1. The summed E-state index contributed by atoms with van der Waals surface area (Å²) in [5, 5.41) is 23.4. The van der Waals surface area contributed by atoms with Crippen molar-refractivity contribution in [3.05, 3.63) is 33.9 Å². The van der Waals surface area contributed by atoms with Crippen molar-refractivity contribution in [3.8, 4) is 0 Å². The number of benzene rings is 1. The molecule has 1 unspecified atom stereocenters. The van der Waals surface area contributed by atoms with E-state index in [0.29, 0.717) is 13.1 Å². The maximum Gasteiger partial charge on any atom is 0.269 e. The average Bonchev–Trinajstić information content (AvgIpc) is 2.30. The van der Waals surface area contributed by atoms with Gasteiger partial charge in [0.05, 0.1) is 11.0 Å². The minimum Gasteiger partial charge on any atom is -0.392 e. The zero-order chi connectivity index (χ0) is 14.4. The number of rotatable bonds is 7. The third kappa shape index (κ3) is 4.84. The van der Waals surface area contributed by atoms with Crippen molar-refractivity contribution in [1.82, 2.24) is 4.90 Å². The molecule has 1 aromatic rings. The molecule has 1 aromatic carbocycles. The standard InChI is InChI=1S/C13H21N3O3/c1-4-14-13-6-5-12(16(18)19)7-11(13)9-15(3)8-10(2)17/h5-7,10,14,17H,4,8-9H2,1-3H3. The second kappa shape index (κ2) is 7.06. The number of likely N-dealkylation sites (N-methyl/N-ethyl adjacent to an activating group) is 1. The van der Waals surface area contributed by atoms with E-state index in [-0.39, 0.29) is 5.69 Å². The predicted molar refractivity (Wildman–Crippen MR) is 75.3 cm³/mol. The molecular weight excluding hydrogens is 246 g/mol. The molecule has 0 radical (unpaired) electrons. The molecule has 19 heavy (non-hydrogen) atoms. The lowest BCUT2D eigenvalue weighted by Gasteiger charge is -2.20. The molecule has 0 spiro atoms. The Morgan fingerprint density at radius 2 is 2.21 bits per heavy atom. The highest BCUT2D eigenvalue weighted by molar-refractivity contribution is 5.56. The van der Waals surface area contributed by atoms with Crippen molar-refractivity contribution in [2.75, 3.05) is 25.5 Å². The van der Waals surface area contributed by atoms with Crippen LogP contribution in [0.4, 0.5) is 11.4 Å². The Labute approximate surface area is 113 Å². The van der Waals surface area contributed by atoms with Crippen LogP contribution in [-0.4, -0.2) is 41.2 Å². The molecule has 0 aliphatic rings. The first-order chi connectivity index (χ1) is 8.93. The maximum absolute atomic E-state index is 10.8. The van der Waals surface area contributed by atoms with E-state index in [1.165, 1.54) is 6.07 Å². The van der Waals surface area contributed by atoms with E-state index in [0.717, 1.165) is 17.8 Å². The van der Waals surface area contributed by atoms with Gasteiger partial charge in [-0.3, -0.25) is 15.0 Å². The molecule has 1 atom stereocenters. The molecule has 0 bridgehead atoms. The van der Waals surface area contributed by atoms with Gasteiger partial charge in [-0.25, -0.2) is 0 Å². The van der Waals surface area contributed by atoms with Crippen LogP contribution >= 0.6 is 0 Å². The van der Waals surface area contributed by atoms with Crippen LogP contribution in [-0.2, 0) is 6.54 Å². The Kier molecular flexibility index (Phi) is 5.72. The van der Waals surface area contributed by atoms with Crippen molar-refractivity contribution >= 4 is 11.4 Å². The zero-order valence-electron chi connectivity index (χ0n) is 11.6. The lowest BCUT2D eigenvalue weighted by atomic mass is 10.1. The van der Waals surface area contributed by atoms with Gasteiger partial charge in [-0.2, -0.15) is 0 Å². The Hall–Kier alpha value is -1.66. The van der Waals surface area contributed by atoms with Crippen LogP contribution < -0.4 is 5.32 Å². The second-order valence-electron chi connectivity index (χ2n) is 4.67. The number of hydrogen-bond acceptors (Lipinski definition) is 5. The molecule has 0 heterocycles. The maximum atomic E-state index is 10.8. The quantitative estimate of drug-likeness (QED) is 0.582. The number of nitrogens with zero attached hydrogens (tertiary/aromatic N) is 2. The molecule has 0 aromatic heterocycles. The minimum atomic E-state index is -0.425. The van der Waals surface area contributed by atoms with Crippen LogP contribution in [0.5, 0.6) is 0 Å². The fourth-order valence-electron chi connectivity index (χ4n) is 1.99. The molecule has 0 saturated carbocycles. The predicted octanol–water partition coefficient (Wildman–Crippen LogP) is 1.84. The van der Waals surface area contributed by atoms with E-state index in [2.05, 4.69) is 5.32 Å². The lowest BCUT2D eigenvalue weighted by Crippen LogP contribution is -2.27. The van der Waals surface area contributed by atoms with Gasteiger partial charge in [-0.15, -0.1) is 0 Å². The fourth-order valence-corrected chi connectivity index (χ4v) is 1.99. The summed E-state index contributed by atoms with van der Waals surface area (Å²) in [5.74, 6) is 0. The van der Waals surface area contributed by atoms with Crippen LogP contribution in [0.25, 0.3) is 0 Å². The summed E-state index contributed by atoms with van der Waals surface area (Å²) in [4.78, 5) is 12.4. The van der Waals surface area contributed by atoms with E-state index in [1.54, 1.807) is 19.1 Å². The van der Waals surface area contributed by atoms with E-state index in [1.807, 2.05) is 18.9 Å². The number of aliphatic hydroxyl groups excluding tert-OH is 1. The van der Waals surface area contributed by atoms with Crippen LogP contribution in [0.2, 0.25) is 0 Å². The first-order valence-electron chi connectivity index (χ1n) is 6.31. The average molecular weight is 267 g/mol. The molecule has 6 nitrogen and oxygen atoms in total. The summed E-state index contributed by atoms with van der Waals surface area (Å²) >= 11 is 0. The monoisotopic (exact) mass is 267 g/mol.